The third-order valence-electron chi connectivity index (χ3n) is 7.83. The fraction of sp³-hybridized carbons (Fsp3) is 1.00. The van der Waals surface area contributed by atoms with Gasteiger partial charge in [-0.25, -0.2) is 9.78 Å². The van der Waals surface area contributed by atoms with E-state index in [1.54, 1.807) is 7.11 Å². The largest absolute Gasteiger partial charge is 0.382 e. The van der Waals surface area contributed by atoms with E-state index in [-0.39, 0.29) is 18.1 Å². The van der Waals surface area contributed by atoms with Crippen molar-refractivity contribution in [3.8, 4) is 0 Å². The lowest BCUT2D eigenvalue weighted by molar-refractivity contribution is -0.605. The summed E-state index contributed by atoms with van der Waals surface area (Å²) in [7, 11) is 1.66. The molecule has 180 valence electrons. The lowest BCUT2D eigenvalue weighted by Gasteiger charge is -2.64. The van der Waals surface area contributed by atoms with Gasteiger partial charge in [-0.05, 0) is 44.9 Å². The average Bonchev–Trinajstić information content (AvgIpc) is 2.95. The molecule has 8 atom stereocenters. The Labute approximate surface area is 186 Å². The highest BCUT2D eigenvalue weighted by molar-refractivity contribution is 5.13. The predicted octanol–water partition coefficient (Wildman–Crippen LogP) is 3.28. The minimum Gasteiger partial charge on any atom is -0.382 e. The van der Waals surface area contributed by atoms with Gasteiger partial charge in [0.1, 0.15) is 0 Å². The van der Waals surface area contributed by atoms with Crippen LogP contribution in [0.15, 0.2) is 0 Å². The van der Waals surface area contributed by atoms with E-state index >= 15 is 0 Å². The van der Waals surface area contributed by atoms with Crippen LogP contribution in [0.5, 0.6) is 0 Å². The van der Waals surface area contributed by atoms with Gasteiger partial charge in [-0.1, -0.05) is 13.8 Å². The van der Waals surface area contributed by atoms with Gasteiger partial charge >= 0.3 is 0 Å². The van der Waals surface area contributed by atoms with Crippen LogP contribution in [0, 0.1) is 23.7 Å². The molecule has 5 aliphatic rings. The van der Waals surface area contributed by atoms with Crippen molar-refractivity contribution < 1.29 is 38.2 Å². The predicted molar refractivity (Wildman–Crippen MR) is 111 cm³/mol. The Morgan fingerprint density at radius 2 is 1.55 bits per heavy atom. The highest BCUT2D eigenvalue weighted by Gasteiger charge is 2.74. The fourth-order valence-electron chi connectivity index (χ4n) is 6.27. The SMILES string of the molecule is COCCOCCOCCO[C@@H]1O[C@]2(C)O[C@]3(C)CC[C@H]4[C@H](C)CC[C@@H]([C@H]1C)[C@]42OO3. The van der Waals surface area contributed by atoms with Gasteiger partial charge in [0.2, 0.25) is 11.6 Å². The molecule has 0 unspecified atom stereocenters. The van der Waals surface area contributed by atoms with Gasteiger partial charge in [-0.15, -0.1) is 0 Å². The monoisotopic (exact) mass is 444 g/mol. The first-order valence-electron chi connectivity index (χ1n) is 11.9. The standard InChI is InChI=1S/C23H40O8/c1-16-6-7-19-17(2)20(27-15-14-26-13-12-25-11-10-24-5)28-22(4)23(19)18(16)8-9-21(3,29-22)30-31-23/h16-20H,6-15H2,1-5H3/t16-,17-,18+,19+,20-,21+,22-,23-/m1/s1. The van der Waals surface area contributed by atoms with E-state index in [1.807, 2.05) is 13.8 Å². The van der Waals surface area contributed by atoms with Gasteiger partial charge in [0.05, 0.1) is 39.6 Å². The summed E-state index contributed by atoms with van der Waals surface area (Å²) in [6.07, 6.45) is 3.68. The highest BCUT2D eigenvalue weighted by atomic mass is 17.3. The molecule has 31 heavy (non-hydrogen) atoms. The van der Waals surface area contributed by atoms with Crippen molar-refractivity contribution in [2.75, 3.05) is 46.8 Å². The molecule has 4 aliphatic heterocycles. The molecule has 0 aromatic heterocycles. The first-order valence-corrected chi connectivity index (χ1v) is 11.9. The number of methoxy groups -OCH3 is 1. The minimum absolute atomic E-state index is 0.162. The second-order valence-corrected chi connectivity index (χ2v) is 9.88. The molecule has 0 amide bonds. The third-order valence-corrected chi connectivity index (χ3v) is 7.83. The second kappa shape index (κ2) is 9.50. The number of rotatable bonds is 10. The van der Waals surface area contributed by atoms with Crippen LogP contribution in [-0.2, 0) is 38.2 Å². The molecule has 0 N–H and O–H groups in total. The van der Waals surface area contributed by atoms with Crippen molar-refractivity contribution in [2.45, 2.75) is 76.8 Å². The van der Waals surface area contributed by atoms with Crippen molar-refractivity contribution in [3.05, 3.63) is 0 Å². The Hall–Kier alpha value is -0.320. The Kier molecular flexibility index (Phi) is 7.31. The van der Waals surface area contributed by atoms with Crippen molar-refractivity contribution >= 4 is 0 Å². The van der Waals surface area contributed by atoms with Gasteiger partial charge in [-0.3, -0.25) is 0 Å². The van der Waals surface area contributed by atoms with Crippen molar-refractivity contribution in [1.82, 2.24) is 0 Å². The fourth-order valence-corrected chi connectivity index (χ4v) is 6.27. The third kappa shape index (κ3) is 4.30. The molecule has 5 fully saturated rings. The van der Waals surface area contributed by atoms with Crippen LogP contribution in [0.25, 0.3) is 0 Å². The van der Waals surface area contributed by atoms with Gasteiger partial charge in [-0.2, -0.15) is 0 Å². The second-order valence-electron chi connectivity index (χ2n) is 9.88. The smallest absolute Gasteiger partial charge is 0.204 e. The van der Waals surface area contributed by atoms with Crippen LogP contribution >= 0.6 is 0 Å². The maximum atomic E-state index is 6.57. The summed E-state index contributed by atoms with van der Waals surface area (Å²) in [4.78, 5) is 12.2. The maximum absolute atomic E-state index is 6.57. The molecule has 5 rings (SSSR count). The molecule has 4 saturated heterocycles. The van der Waals surface area contributed by atoms with Crippen molar-refractivity contribution in [3.63, 3.8) is 0 Å². The molecule has 8 heteroatoms. The first-order chi connectivity index (χ1) is 14.9. The summed E-state index contributed by atoms with van der Waals surface area (Å²) < 4.78 is 35.3. The Bertz CT molecular complexity index is 604. The van der Waals surface area contributed by atoms with E-state index in [0.717, 1.165) is 19.3 Å². The summed E-state index contributed by atoms with van der Waals surface area (Å²) in [6.45, 7) is 11.7. The van der Waals surface area contributed by atoms with Crippen LogP contribution in [0.4, 0.5) is 0 Å². The number of ether oxygens (including phenoxy) is 6. The molecule has 0 radical (unpaired) electrons. The average molecular weight is 445 g/mol. The number of fused-ring (bicyclic) bond motifs is 2. The summed E-state index contributed by atoms with van der Waals surface area (Å²) in [5.74, 6) is -0.418. The van der Waals surface area contributed by atoms with E-state index in [0.29, 0.717) is 51.5 Å². The lowest BCUT2D eigenvalue weighted by atomic mass is 9.55. The summed E-state index contributed by atoms with van der Waals surface area (Å²) >= 11 is 0. The van der Waals surface area contributed by atoms with Crippen LogP contribution in [0.2, 0.25) is 0 Å². The van der Waals surface area contributed by atoms with E-state index in [9.17, 15) is 0 Å². The summed E-state index contributed by atoms with van der Waals surface area (Å²) in [5, 5.41) is 0. The normalized spacial score (nSPS) is 46.5. The molecule has 8 nitrogen and oxygen atoms in total. The van der Waals surface area contributed by atoms with Crippen molar-refractivity contribution in [1.29, 1.82) is 0 Å². The lowest BCUT2D eigenvalue weighted by Crippen LogP contribution is -2.76. The Balaban J connectivity index is 1.37. The molecule has 0 aromatic carbocycles. The Morgan fingerprint density at radius 3 is 2.29 bits per heavy atom. The van der Waals surface area contributed by atoms with Crippen LogP contribution in [-0.4, -0.2) is 70.2 Å². The van der Waals surface area contributed by atoms with E-state index < -0.39 is 17.2 Å². The van der Waals surface area contributed by atoms with Gasteiger partial charge in [0.25, 0.3) is 0 Å². The zero-order chi connectivity index (χ0) is 22.1. The van der Waals surface area contributed by atoms with Gasteiger partial charge in [0, 0.05) is 25.4 Å². The van der Waals surface area contributed by atoms with Crippen LogP contribution in [0.1, 0.15) is 53.4 Å². The number of hydrogen-bond acceptors (Lipinski definition) is 8. The highest BCUT2D eigenvalue weighted by Crippen LogP contribution is 2.64. The maximum Gasteiger partial charge on any atom is 0.204 e. The molecular weight excluding hydrogens is 404 g/mol. The first kappa shape index (κ1) is 23.8. The Morgan fingerprint density at radius 1 is 0.839 bits per heavy atom. The quantitative estimate of drug-likeness (QED) is 0.375. The summed E-state index contributed by atoms with van der Waals surface area (Å²) in [6, 6.07) is 0. The van der Waals surface area contributed by atoms with Crippen molar-refractivity contribution in [2.24, 2.45) is 23.7 Å². The topological polar surface area (TPSA) is 73.8 Å². The van der Waals surface area contributed by atoms with E-state index in [2.05, 4.69) is 13.8 Å². The molecule has 1 spiro atoms. The minimum atomic E-state index is -0.909. The molecule has 2 bridgehead atoms. The van der Waals surface area contributed by atoms with E-state index in [4.69, 9.17) is 38.2 Å². The number of hydrogen-bond donors (Lipinski definition) is 0. The molecule has 0 aromatic rings. The van der Waals surface area contributed by atoms with Crippen LogP contribution < -0.4 is 0 Å². The van der Waals surface area contributed by atoms with Gasteiger partial charge < -0.3 is 28.4 Å². The molecular formula is C23H40O8. The van der Waals surface area contributed by atoms with Crippen LogP contribution in [0.3, 0.4) is 0 Å². The molecule has 1 saturated carbocycles. The summed E-state index contributed by atoms with van der Waals surface area (Å²) in [5.41, 5.74) is -0.601. The molecule has 1 aliphatic carbocycles. The van der Waals surface area contributed by atoms with E-state index in [1.165, 1.54) is 6.42 Å². The zero-order valence-corrected chi connectivity index (χ0v) is 19.7. The molecule has 4 heterocycles. The van der Waals surface area contributed by atoms with Gasteiger partial charge in [0.15, 0.2) is 11.9 Å². The zero-order valence-electron chi connectivity index (χ0n) is 19.7.